The number of nitrogens with zero attached hydrogens (tertiary/aromatic N) is 1. The van der Waals surface area contributed by atoms with Crippen LogP contribution in [0.3, 0.4) is 0 Å². The summed E-state index contributed by atoms with van der Waals surface area (Å²) in [5.41, 5.74) is 5.31. The highest BCUT2D eigenvalue weighted by molar-refractivity contribution is 6.31. The minimum absolute atomic E-state index is 0.709. The van der Waals surface area contributed by atoms with Gasteiger partial charge in [-0.3, -0.25) is 0 Å². The number of hydrogen-bond donors (Lipinski definition) is 1. The van der Waals surface area contributed by atoms with Crippen LogP contribution in [-0.2, 0) is 0 Å². The third-order valence-corrected chi connectivity index (χ3v) is 3.92. The molecule has 106 valence electrons. The third kappa shape index (κ3) is 2.38. The van der Waals surface area contributed by atoms with Crippen LogP contribution in [0.2, 0.25) is 5.02 Å². The third-order valence-electron chi connectivity index (χ3n) is 3.69. The first-order valence-corrected chi connectivity index (χ1v) is 7.48. The van der Waals surface area contributed by atoms with E-state index in [0.717, 1.165) is 22.4 Å². The van der Waals surface area contributed by atoms with E-state index in [1.807, 2.05) is 36.4 Å². The zero-order valence-electron chi connectivity index (χ0n) is 11.8. The van der Waals surface area contributed by atoms with Crippen LogP contribution in [0.25, 0.3) is 33.5 Å². The van der Waals surface area contributed by atoms with Gasteiger partial charge in [0.25, 0.3) is 0 Å². The maximum atomic E-state index is 6.03. The largest absolute Gasteiger partial charge is 0.338 e. The number of aromatic nitrogens is 2. The van der Waals surface area contributed by atoms with Crippen molar-refractivity contribution in [1.82, 2.24) is 9.97 Å². The minimum atomic E-state index is 0.709. The first kappa shape index (κ1) is 13.1. The summed E-state index contributed by atoms with van der Waals surface area (Å²) in [4.78, 5) is 7.98. The SMILES string of the molecule is Clc1ccc2nc(-c3cccc(-c4ccccc4)c3)[nH]c2c1. The Kier molecular flexibility index (Phi) is 3.17. The van der Waals surface area contributed by atoms with Gasteiger partial charge in [0.15, 0.2) is 0 Å². The Balaban J connectivity index is 1.81. The van der Waals surface area contributed by atoms with E-state index in [4.69, 9.17) is 11.6 Å². The van der Waals surface area contributed by atoms with Crippen molar-refractivity contribution in [1.29, 1.82) is 0 Å². The van der Waals surface area contributed by atoms with Crippen LogP contribution in [0.1, 0.15) is 0 Å². The number of H-pyrrole nitrogens is 1. The summed E-state index contributed by atoms with van der Waals surface area (Å²) in [5.74, 6) is 0.857. The van der Waals surface area contributed by atoms with Gasteiger partial charge in [0.2, 0.25) is 0 Å². The standard InChI is InChI=1S/C19H13ClN2/c20-16-9-10-17-18(12-16)22-19(21-17)15-8-4-7-14(11-15)13-5-2-1-3-6-13/h1-12H,(H,21,22). The topological polar surface area (TPSA) is 28.7 Å². The van der Waals surface area contributed by atoms with Gasteiger partial charge in [-0.25, -0.2) is 4.98 Å². The highest BCUT2D eigenvalue weighted by Gasteiger charge is 2.07. The Hall–Kier alpha value is -2.58. The van der Waals surface area contributed by atoms with Crippen molar-refractivity contribution in [3.05, 3.63) is 77.8 Å². The monoisotopic (exact) mass is 304 g/mol. The molecule has 22 heavy (non-hydrogen) atoms. The molecule has 1 aromatic heterocycles. The van der Waals surface area contributed by atoms with Crippen molar-refractivity contribution in [2.45, 2.75) is 0 Å². The van der Waals surface area contributed by atoms with Gasteiger partial charge in [-0.15, -0.1) is 0 Å². The molecule has 1 heterocycles. The summed E-state index contributed by atoms with van der Waals surface area (Å²) in [6.07, 6.45) is 0. The van der Waals surface area contributed by atoms with Gasteiger partial charge in [0, 0.05) is 10.6 Å². The van der Waals surface area contributed by atoms with Crippen molar-refractivity contribution in [2.75, 3.05) is 0 Å². The van der Waals surface area contributed by atoms with Crippen molar-refractivity contribution >= 4 is 22.6 Å². The molecular formula is C19H13ClN2. The molecule has 0 radical (unpaired) electrons. The predicted octanol–water partition coefficient (Wildman–Crippen LogP) is 5.55. The van der Waals surface area contributed by atoms with Crippen molar-refractivity contribution < 1.29 is 0 Å². The van der Waals surface area contributed by atoms with Gasteiger partial charge in [0.05, 0.1) is 11.0 Å². The second kappa shape index (κ2) is 5.32. The highest BCUT2D eigenvalue weighted by atomic mass is 35.5. The first-order valence-electron chi connectivity index (χ1n) is 7.11. The molecule has 0 fully saturated rings. The van der Waals surface area contributed by atoms with Crippen LogP contribution in [0.4, 0.5) is 0 Å². The van der Waals surface area contributed by atoms with Gasteiger partial charge in [-0.05, 0) is 35.4 Å². The fourth-order valence-electron chi connectivity index (χ4n) is 2.60. The van der Waals surface area contributed by atoms with Crippen LogP contribution >= 0.6 is 11.6 Å². The zero-order valence-corrected chi connectivity index (χ0v) is 12.5. The van der Waals surface area contributed by atoms with E-state index in [2.05, 4.69) is 46.4 Å². The Bertz CT molecular complexity index is 942. The molecule has 4 aromatic rings. The first-order chi connectivity index (χ1) is 10.8. The lowest BCUT2D eigenvalue weighted by Gasteiger charge is -2.03. The van der Waals surface area contributed by atoms with Gasteiger partial charge in [-0.2, -0.15) is 0 Å². The van der Waals surface area contributed by atoms with Crippen LogP contribution < -0.4 is 0 Å². The van der Waals surface area contributed by atoms with E-state index in [1.165, 1.54) is 11.1 Å². The van der Waals surface area contributed by atoms with E-state index in [9.17, 15) is 0 Å². The molecular weight excluding hydrogens is 292 g/mol. The number of imidazole rings is 1. The maximum absolute atomic E-state index is 6.03. The molecule has 2 nitrogen and oxygen atoms in total. The second-order valence-corrected chi connectivity index (χ2v) is 5.63. The molecule has 0 unspecified atom stereocenters. The molecule has 0 bridgehead atoms. The Morgan fingerprint density at radius 1 is 0.727 bits per heavy atom. The van der Waals surface area contributed by atoms with Crippen LogP contribution in [0.5, 0.6) is 0 Å². The van der Waals surface area contributed by atoms with E-state index in [-0.39, 0.29) is 0 Å². The summed E-state index contributed by atoms with van der Waals surface area (Å²) < 4.78 is 0. The van der Waals surface area contributed by atoms with E-state index < -0.39 is 0 Å². The Labute approximate surface area is 133 Å². The quantitative estimate of drug-likeness (QED) is 0.516. The molecule has 3 heteroatoms. The number of rotatable bonds is 2. The smallest absolute Gasteiger partial charge is 0.138 e. The molecule has 0 aliphatic carbocycles. The predicted molar refractivity (Wildman–Crippen MR) is 92.0 cm³/mol. The lowest BCUT2D eigenvalue weighted by Crippen LogP contribution is -1.82. The number of nitrogens with one attached hydrogen (secondary N) is 1. The van der Waals surface area contributed by atoms with E-state index in [1.54, 1.807) is 0 Å². The van der Waals surface area contributed by atoms with Crippen LogP contribution in [0.15, 0.2) is 72.8 Å². The number of aromatic amines is 1. The Morgan fingerprint density at radius 2 is 1.50 bits per heavy atom. The molecule has 0 atom stereocenters. The van der Waals surface area contributed by atoms with Gasteiger partial charge in [-0.1, -0.05) is 60.1 Å². The molecule has 3 aromatic carbocycles. The number of halogens is 1. The lowest BCUT2D eigenvalue weighted by atomic mass is 10.0. The fourth-order valence-corrected chi connectivity index (χ4v) is 2.77. The molecule has 0 spiro atoms. The molecule has 4 rings (SSSR count). The lowest BCUT2D eigenvalue weighted by molar-refractivity contribution is 1.34. The van der Waals surface area contributed by atoms with E-state index in [0.29, 0.717) is 5.02 Å². The number of fused-ring (bicyclic) bond motifs is 1. The van der Waals surface area contributed by atoms with E-state index >= 15 is 0 Å². The Morgan fingerprint density at radius 3 is 2.36 bits per heavy atom. The summed E-state index contributed by atoms with van der Waals surface area (Å²) in [5, 5.41) is 0.709. The normalized spacial score (nSPS) is 11.0. The zero-order chi connectivity index (χ0) is 14.9. The summed E-state index contributed by atoms with van der Waals surface area (Å²) in [6, 6.07) is 24.4. The second-order valence-electron chi connectivity index (χ2n) is 5.19. The molecule has 0 saturated carbocycles. The summed E-state index contributed by atoms with van der Waals surface area (Å²) in [7, 11) is 0. The van der Waals surface area contributed by atoms with Crippen LogP contribution in [-0.4, -0.2) is 9.97 Å². The molecule has 0 amide bonds. The van der Waals surface area contributed by atoms with Crippen LogP contribution in [0, 0.1) is 0 Å². The summed E-state index contributed by atoms with van der Waals surface area (Å²) >= 11 is 6.03. The number of benzene rings is 3. The molecule has 0 aliphatic rings. The maximum Gasteiger partial charge on any atom is 0.138 e. The summed E-state index contributed by atoms with van der Waals surface area (Å²) in [6.45, 7) is 0. The van der Waals surface area contributed by atoms with Gasteiger partial charge >= 0.3 is 0 Å². The fraction of sp³-hybridized carbons (Fsp3) is 0. The number of hydrogen-bond acceptors (Lipinski definition) is 1. The highest BCUT2D eigenvalue weighted by Crippen LogP contribution is 2.27. The van der Waals surface area contributed by atoms with Crippen molar-refractivity contribution in [3.63, 3.8) is 0 Å². The molecule has 1 N–H and O–H groups in total. The van der Waals surface area contributed by atoms with Gasteiger partial charge in [0.1, 0.15) is 5.82 Å². The van der Waals surface area contributed by atoms with Crippen molar-refractivity contribution in [3.8, 4) is 22.5 Å². The average Bonchev–Trinajstić information content (AvgIpc) is 2.99. The minimum Gasteiger partial charge on any atom is -0.338 e. The van der Waals surface area contributed by atoms with Crippen molar-refractivity contribution in [2.24, 2.45) is 0 Å². The average molecular weight is 305 g/mol. The molecule has 0 saturated heterocycles. The molecule has 0 aliphatic heterocycles. The van der Waals surface area contributed by atoms with Gasteiger partial charge < -0.3 is 4.98 Å².